The molecule has 0 spiro atoms. The Hall–Kier alpha value is -1.99. The van der Waals surface area contributed by atoms with Crippen LogP contribution in [-0.2, 0) is 17.0 Å². The van der Waals surface area contributed by atoms with Gasteiger partial charge in [0.15, 0.2) is 5.60 Å². The molecule has 1 saturated heterocycles. The van der Waals surface area contributed by atoms with E-state index in [0.717, 1.165) is 72.7 Å². The van der Waals surface area contributed by atoms with Gasteiger partial charge >= 0.3 is 0 Å². The Morgan fingerprint density at radius 3 is 2.69 bits per heavy atom. The molecule has 1 amide bonds. The number of nitrogens with one attached hydrogen (secondary N) is 1. The summed E-state index contributed by atoms with van der Waals surface area (Å²) in [5.41, 5.74) is 1.88. The number of H-pyrrole nitrogens is 1. The van der Waals surface area contributed by atoms with E-state index in [0.29, 0.717) is 5.75 Å². The maximum atomic E-state index is 13.1. The second-order valence-corrected chi connectivity index (χ2v) is 9.37. The molecule has 0 unspecified atom stereocenters. The van der Waals surface area contributed by atoms with Crippen LogP contribution in [0.4, 0.5) is 0 Å². The van der Waals surface area contributed by atoms with E-state index >= 15 is 0 Å². The maximum absolute atomic E-state index is 13.1. The van der Waals surface area contributed by atoms with E-state index < -0.39 is 5.60 Å². The first-order valence-electron chi connectivity index (χ1n) is 10.4. The van der Waals surface area contributed by atoms with Crippen LogP contribution in [0.25, 0.3) is 10.9 Å². The number of hydrogen-bond donors (Lipinski definition) is 1. The van der Waals surface area contributed by atoms with Crippen LogP contribution >= 0.6 is 11.8 Å². The number of nitrogens with zero attached hydrogens (tertiary/aromatic N) is 2. The smallest absolute Gasteiger partial charge is 0.266 e. The molecule has 0 aliphatic carbocycles. The van der Waals surface area contributed by atoms with Crippen molar-refractivity contribution in [2.75, 3.05) is 38.5 Å². The second-order valence-electron chi connectivity index (χ2n) is 8.26. The lowest BCUT2D eigenvalue weighted by atomic mass is 10.0. The molecule has 2 aliphatic rings. The summed E-state index contributed by atoms with van der Waals surface area (Å²) in [5.74, 6) is 2.45. The van der Waals surface area contributed by atoms with Gasteiger partial charge in [0.1, 0.15) is 5.75 Å². The van der Waals surface area contributed by atoms with Gasteiger partial charge in [-0.15, -0.1) is 0 Å². The molecule has 1 aromatic carbocycles. The number of carbonyl (C=O) groups is 1. The molecule has 7 heteroatoms. The Labute approximate surface area is 175 Å². The number of benzene rings is 1. The van der Waals surface area contributed by atoms with Crippen LogP contribution in [0.1, 0.15) is 31.9 Å². The first kappa shape index (κ1) is 20.3. The summed E-state index contributed by atoms with van der Waals surface area (Å²) in [4.78, 5) is 32.7. The SMILES string of the molecule is CCN1CCN(C(=O)C(C)(C)Oc2ccc3[nH]c(=O)c4c(c3c2)CCSC4)CC1. The average Bonchev–Trinajstić information content (AvgIpc) is 2.74. The number of ether oxygens (including phenoxy) is 1. The van der Waals surface area contributed by atoms with E-state index in [1.807, 2.05) is 36.9 Å². The summed E-state index contributed by atoms with van der Waals surface area (Å²) in [6.07, 6.45) is 0.883. The first-order chi connectivity index (χ1) is 13.9. The van der Waals surface area contributed by atoms with E-state index in [2.05, 4.69) is 16.8 Å². The third-order valence-corrected chi connectivity index (χ3v) is 6.93. The summed E-state index contributed by atoms with van der Waals surface area (Å²) in [6, 6.07) is 5.70. The number of rotatable bonds is 4. The van der Waals surface area contributed by atoms with Crippen LogP contribution in [0, 0.1) is 0 Å². The van der Waals surface area contributed by atoms with Gasteiger partial charge in [0.25, 0.3) is 11.5 Å². The minimum Gasteiger partial charge on any atom is -0.478 e. The normalized spacial score (nSPS) is 18.0. The molecular formula is C22H29N3O3S. The minimum atomic E-state index is -0.944. The van der Waals surface area contributed by atoms with Crippen molar-refractivity contribution in [1.29, 1.82) is 0 Å². The third kappa shape index (κ3) is 4.03. The third-order valence-electron chi connectivity index (χ3n) is 5.94. The number of aryl methyl sites for hydroxylation is 1. The van der Waals surface area contributed by atoms with Gasteiger partial charge < -0.3 is 19.5 Å². The predicted molar refractivity (Wildman–Crippen MR) is 118 cm³/mol. The Kier molecular flexibility index (Phi) is 5.62. The molecule has 0 saturated carbocycles. The van der Waals surface area contributed by atoms with Crippen molar-refractivity contribution in [3.8, 4) is 5.75 Å². The molecule has 1 fully saturated rings. The molecular weight excluding hydrogens is 386 g/mol. The van der Waals surface area contributed by atoms with Crippen LogP contribution in [0.15, 0.2) is 23.0 Å². The minimum absolute atomic E-state index is 0.00935. The molecule has 1 aromatic heterocycles. The Bertz CT molecular complexity index is 977. The first-order valence-corrected chi connectivity index (χ1v) is 11.5. The van der Waals surface area contributed by atoms with E-state index in [4.69, 9.17) is 4.74 Å². The Morgan fingerprint density at radius 1 is 1.21 bits per heavy atom. The number of thioether (sulfide) groups is 1. The fourth-order valence-corrected chi connectivity index (χ4v) is 5.22. The standard InChI is InChI=1S/C22H29N3O3S/c1-4-24-8-10-25(11-9-24)21(27)22(2,3)28-15-5-6-19-17(13-15)16-7-12-29-14-18(16)20(26)23-19/h5-6,13H,4,7-12,14H2,1-3H3,(H,23,26). The van der Waals surface area contributed by atoms with Crippen molar-refractivity contribution in [2.24, 2.45) is 0 Å². The van der Waals surface area contributed by atoms with Gasteiger partial charge in [-0.3, -0.25) is 9.59 Å². The molecule has 29 heavy (non-hydrogen) atoms. The zero-order chi connectivity index (χ0) is 20.6. The molecule has 0 radical (unpaired) electrons. The molecule has 1 N–H and O–H groups in total. The summed E-state index contributed by atoms with van der Waals surface area (Å²) in [7, 11) is 0. The topological polar surface area (TPSA) is 65.6 Å². The lowest BCUT2D eigenvalue weighted by Crippen LogP contribution is -2.55. The van der Waals surface area contributed by atoms with Crippen LogP contribution in [0.3, 0.4) is 0 Å². The molecule has 2 aliphatic heterocycles. The lowest BCUT2D eigenvalue weighted by Gasteiger charge is -2.38. The van der Waals surface area contributed by atoms with Gasteiger partial charge in [-0.05, 0) is 56.3 Å². The highest BCUT2D eigenvalue weighted by Gasteiger charge is 2.35. The van der Waals surface area contributed by atoms with Crippen LogP contribution in [0.2, 0.25) is 0 Å². The highest BCUT2D eigenvalue weighted by Crippen LogP contribution is 2.31. The number of likely N-dealkylation sites (N-methyl/N-ethyl adjacent to an activating group) is 1. The molecule has 3 heterocycles. The van der Waals surface area contributed by atoms with Crippen molar-refractivity contribution in [2.45, 2.75) is 38.5 Å². The molecule has 0 bridgehead atoms. The van der Waals surface area contributed by atoms with Gasteiger partial charge in [-0.2, -0.15) is 11.8 Å². The van der Waals surface area contributed by atoms with E-state index in [1.165, 1.54) is 0 Å². The average molecular weight is 416 g/mol. The summed E-state index contributed by atoms with van der Waals surface area (Å²) < 4.78 is 6.20. The van der Waals surface area contributed by atoms with Crippen LogP contribution < -0.4 is 10.3 Å². The highest BCUT2D eigenvalue weighted by atomic mass is 32.2. The maximum Gasteiger partial charge on any atom is 0.266 e. The number of aromatic nitrogens is 1. The van der Waals surface area contributed by atoms with E-state index in [1.54, 1.807) is 11.8 Å². The van der Waals surface area contributed by atoms with Gasteiger partial charge in [0.2, 0.25) is 0 Å². The number of fused-ring (bicyclic) bond motifs is 3. The Balaban J connectivity index is 1.57. The van der Waals surface area contributed by atoms with E-state index in [9.17, 15) is 9.59 Å². The van der Waals surface area contributed by atoms with Crippen molar-refractivity contribution >= 4 is 28.6 Å². The van der Waals surface area contributed by atoms with Crippen LogP contribution in [-0.4, -0.2) is 64.8 Å². The largest absolute Gasteiger partial charge is 0.478 e. The number of hydrogen-bond acceptors (Lipinski definition) is 5. The predicted octanol–water partition coefficient (Wildman–Crippen LogP) is 2.64. The summed E-state index contributed by atoms with van der Waals surface area (Å²) in [6.45, 7) is 10.1. The van der Waals surface area contributed by atoms with Crippen LogP contribution in [0.5, 0.6) is 5.75 Å². The number of piperazine rings is 1. The number of pyridine rings is 1. The monoisotopic (exact) mass is 415 g/mol. The van der Waals surface area contributed by atoms with Gasteiger partial charge in [-0.1, -0.05) is 6.92 Å². The second kappa shape index (κ2) is 8.03. The van der Waals surface area contributed by atoms with Gasteiger partial charge in [0.05, 0.1) is 0 Å². The molecule has 6 nitrogen and oxygen atoms in total. The Morgan fingerprint density at radius 2 is 1.97 bits per heavy atom. The number of carbonyl (C=O) groups excluding carboxylic acids is 1. The zero-order valence-electron chi connectivity index (χ0n) is 17.4. The number of aromatic amines is 1. The molecule has 156 valence electrons. The molecule has 2 aromatic rings. The summed E-state index contributed by atoms with van der Waals surface area (Å²) >= 11 is 1.79. The zero-order valence-corrected chi connectivity index (χ0v) is 18.2. The van der Waals surface area contributed by atoms with Crippen molar-refractivity contribution in [3.63, 3.8) is 0 Å². The van der Waals surface area contributed by atoms with Crippen molar-refractivity contribution in [1.82, 2.24) is 14.8 Å². The molecule has 4 rings (SSSR count). The lowest BCUT2D eigenvalue weighted by molar-refractivity contribution is -0.147. The van der Waals surface area contributed by atoms with Crippen molar-refractivity contribution in [3.05, 3.63) is 39.7 Å². The highest BCUT2D eigenvalue weighted by molar-refractivity contribution is 7.98. The van der Waals surface area contributed by atoms with Gasteiger partial charge in [-0.25, -0.2) is 0 Å². The fourth-order valence-electron chi connectivity index (χ4n) is 4.22. The fraction of sp³-hybridized carbons (Fsp3) is 0.545. The van der Waals surface area contributed by atoms with E-state index in [-0.39, 0.29) is 11.5 Å². The van der Waals surface area contributed by atoms with Gasteiger partial charge in [0, 0.05) is 48.4 Å². The molecule has 0 atom stereocenters. The number of amides is 1. The summed E-state index contributed by atoms with van der Waals surface area (Å²) in [5, 5.41) is 1.03. The quantitative estimate of drug-likeness (QED) is 0.832. The van der Waals surface area contributed by atoms with Crippen molar-refractivity contribution < 1.29 is 9.53 Å².